The van der Waals surface area contributed by atoms with Crippen molar-refractivity contribution in [3.05, 3.63) is 39.9 Å². The molecule has 2 rings (SSSR count). The number of benzene rings is 1. The molecule has 8 heteroatoms. The van der Waals surface area contributed by atoms with Gasteiger partial charge in [-0.3, -0.25) is 9.40 Å². The van der Waals surface area contributed by atoms with Gasteiger partial charge in [-0.2, -0.15) is 5.10 Å². The van der Waals surface area contributed by atoms with Crippen LogP contribution in [0.5, 0.6) is 0 Å². The summed E-state index contributed by atoms with van der Waals surface area (Å²) in [5, 5.41) is 4.05. The fourth-order valence-corrected chi connectivity index (χ4v) is 3.75. The molecular formula is C12H13BrFN3O2S. The first-order valence-electron chi connectivity index (χ1n) is 5.70. The van der Waals surface area contributed by atoms with Crippen LogP contribution in [0.2, 0.25) is 0 Å². The Morgan fingerprint density at radius 1 is 1.35 bits per heavy atom. The van der Waals surface area contributed by atoms with Crippen molar-refractivity contribution < 1.29 is 12.8 Å². The van der Waals surface area contributed by atoms with Crippen molar-refractivity contribution in [3.63, 3.8) is 0 Å². The van der Waals surface area contributed by atoms with E-state index in [0.717, 1.165) is 0 Å². The van der Waals surface area contributed by atoms with Crippen molar-refractivity contribution in [1.82, 2.24) is 9.78 Å². The van der Waals surface area contributed by atoms with Gasteiger partial charge in [0.05, 0.1) is 17.1 Å². The molecule has 0 radical (unpaired) electrons. The van der Waals surface area contributed by atoms with Gasteiger partial charge in [0.25, 0.3) is 10.0 Å². The minimum absolute atomic E-state index is 0.0716. The molecule has 0 atom stereocenters. The maximum absolute atomic E-state index is 13.7. The number of rotatable bonds is 3. The molecule has 0 saturated carbocycles. The van der Waals surface area contributed by atoms with Gasteiger partial charge in [0.2, 0.25) is 0 Å². The van der Waals surface area contributed by atoms with E-state index >= 15 is 0 Å². The highest BCUT2D eigenvalue weighted by atomic mass is 79.9. The predicted octanol–water partition coefficient (Wildman–Crippen LogP) is 2.74. The van der Waals surface area contributed by atoms with Crippen LogP contribution in [0.1, 0.15) is 11.4 Å². The lowest BCUT2D eigenvalue weighted by atomic mass is 10.3. The first-order chi connectivity index (χ1) is 9.22. The smallest absolute Gasteiger partial charge is 0.265 e. The molecule has 0 spiro atoms. The maximum atomic E-state index is 13.7. The zero-order valence-electron chi connectivity index (χ0n) is 11.1. The lowest BCUT2D eigenvalue weighted by molar-refractivity contribution is 0.597. The summed E-state index contributed by atoms with van der Waals surface area (Å²) >= 11 is 3.12. The van der Waals surface area contributed by atoms with Crippen molar-refractivity contribution in [3.8, 4) is 0 Å². The molecule has 1 aromatic heterocycles. The molecule has 2 aromatic rings. The van der Waals surface area contributed by atoms with E-state index < -0.39 is 15.8 Å². The van der Waals surface area contributed by atoms with E-state index in [0.29, 0.717) is 15.9 Å². The quantitative estimate of drug-likeness (QED) is 0.913. The van der Waals surface area contributed by atoms with Crippen LogP contribution < -0.4 is 4.72 Å². The molecule has 1 N–H and O–H groups in total. The molecule has 0 bridgehead atoms. The van der Waals surface area contributed by atoms with Gasteiger partial charge in [-0.1, -0.05) is 15.9 Å². The van der Waals surface area contributed by atoms with Crippen molar-refractivity contribution >= 4 is 31.6 Å². The third-order valence-electron chi connectivity index (χ3n) is 2.89. The second kappa shape index (κ2) is 5.17. The number of nitrogens with zero attached hydrogens (tertiary/aromatic N) is 2. The van der Waals surface area contributed by atoms with Crippen LogP contribution >= 0.6 is 15.9 Å². The summed E-state index contributed by atoms with van der Waals surface area (Å²) in [4.78, 5) is 0.0716. The predicted molar refractivity (Wildman–Crippen MR) is 77.6 cm³/mol. The zero-order chi connectivity index (χ0) is 15.1. The molecule has 0 saturated heterocycles. The standard InChI is InChI=1S/C12H13BrFN3O2S/c1-7-12(8(2)17(3)15-7)20(18,19)16-11-5-4-9(13)6-10(11)14/h4-6,16H,1-3H3. The summed E-state index contributed by atoms with van der Waals surface area (Å²) in [6, 6.07) is 4.11. The minimum Gasteiger partial charge on any atom is -0.277 e. The summed E-state index contributed by atoms with van der Waals surface area (Å²) in [6.45, 7) is 3.24. The first-order valence-corrected chi connectivity index (χ1v) is 7.98. The molecule has 1 aromatic carbocycles. The Bertz CT molecular complexity index is 771. The van der Waals surface area contributed by atoms with Crippen LogP contribution in [0, 0.1) is 19.7 Å². The first kappa shape index (κ1) is 15.0. The second-order valence-corrected chi connectivity index (χ2v) is 6.89. The van der Waals surface area contributed by atoms with Gasteiger partial charge in [-0.25, -0.2) is 12.8 Å². The zero-order valence-corrected chi connectivity index (χ0v) is 13.5. The molecular weight excluding hydrogens is 349 g/mol. The van der Waals surface area contributed by atoms with Gasteiger partial charge >= 0.3 is 0 Å². The Balaban J connectivity index is 2.46. The number of halogens is 2. The van der Waals surface area contributed by atoms with Crippen molar-refractivity contribution in [2.75, 3.05) is 4.72 Å². The Morgan fingerprint density at radius 2 is 2.00 bits per heavy atom. The van der Waals surface area contributed by atoms with Crippen LogP contribution in [0.4, 0.5) is 10.1 Å². The molecule has 0 aliphatic heterocycles. The van der Waals surface area contributed by atoms with Crippen LogP contribution in [0.3, 0.4) is 0 Å². The normalized spacial score (nSPS) is 11.7. The van der Waals surface area contributed by atoms with E-state index in [1.165, 1.54) is 16.8 Å². The molecule has 0 amide bonds. The maximum Gasteiger partial charge on any atom is 0.265 e. The summed E-state index contributed by atoms with van der Waals surface area (Å²) in [5.74, 6) is -0.651. The van der Waals surface area contributed by atoms with Crippen LogP contribution in [-0.4, -0.2) is 18.2 Å². The average Bonchev–Trinajstić information content (AvgIpc) is 2.57. The van der Waals surface area contributed by atoms with E-state index in [1.807, 2.05) is 0 Å². The molecule has 0 fully saturated rings. The van der Waals surface area contributed by atoms with Crippen LogP contribution in [-0.2, 0) is 17.1 Å². The van der Waals surface area contributed by atoms with Gasteiger partial charge in [0, 0.05) is 11.5 Å². The fraction of sp³-hybridized carbons (Fsp3) is 0.250. The SMILES string of the molecule is Cc1nn(C)c(C)c1S(=O)(=O)Nc1ccc(Br)cc1F. The van der Waals surface area contributed by atoms with E-state index in [9.17, 15) is 12.8 Å². The van der Waals surface area contributed by atoms with E-state index in [-0.39, 0.29) is 10.6 Å². The molecule has 1 heterocycles. The molecule has 5 nitrogen and oxygen atoms in total. The monoisotopic (exact) mass is 361 g/mol. The largest absolute Gasteiger partial charge is 0.277 e. The third kappa shape index (κ3) is 2.71. The Kier molecular flexibility index (Phi) is 3.88. The molecule has 0 unspecified atom stereocenters. The minimum atomic E-state index is -3.88. The molecule has 108 valence electrons. The number of sulfonamides is 1. The number of hydrogen-bond donors (Lipinski definition) is 1. The van der Waals surface area contributed by atoms with Gasteiger partial charge in [0.15, 0.2) is 0 Å². The van der Waals surface area contributed by atoms with E-state index in [4.69, 9.17) is 0 Å². The number of aryl methyl sites for hydroxylation is 2. The van der Waals surface area contributed by atoms with E-state index in [1.54, 1.807) is 27.0 Å². The number of hydrogen-bond acceptors (Lipinski definition) is 3. The fourth-order valence-electron chi connectivity index (χ4n) is 1.91. The van der Waals surface area contributed by atoms with Gasteiger partial charge in [-0.05, 0) is 32.0 Å². The molecule has 0 aliphatic rings. The third-order valence-corrected chi connectivity index (χ3v) is 5.00. The van der Waals surface area contributed by atoms with Crippen molar-refractivity contribution in [1.29, 1.82) is 0 Å². The van der Waals surface area contributed by atoms with Crippen molar-refractivity contribution in [2.24, 2.45) is 7.05 Å². The topological polar surface area (TPSA) is 64.0 Å². The van der Waals surface area contributed by atoms with E-state index in [2.05, 4.69) is 25.8 Å². The van der Waals surface area contributed by atoms with Gasteiger partial charge in [0.1, 0.15) is 10.7 Å². The highest BCUT2D eigenvalue weighted by Crippen LogP contribution is 2.25. The number of nitrogens with one attached hydrogen (secondary N) is 1. The van der Waals surface area contributed by atoms with Crippen LogP contribution in [0.25, 0.3) is 0 Å². The number of aromatic nitrogens is 2. The molecule has 20 heavy (non-hydrogen) atoms. The Hall–Kier alpha value is -1.41. The summed E-state index contributed by atoms with van der Waals surface area (Å²) in [5.41, 5.74) is 0.762. The average molecular weight is 362 g/mol. The summed E-state index contributed by atoms with van der Waals surface area (Å²) in [6.07, 6.45) is 0. The second-order valence-electron chi connectivity index (χ2n) is 4.35. The summed E-state index contributed by atoms with van der Waals surface area (Å²) < 4.78 is 42.7. The Morgan fingerprint density at radius 3 is 2.50 bits per heavy atom. The molecule has 0 aliphatic carbocycles. The van der Waals surface area contributed by atoms with Crippen LogP contribution in [0.15, 0.2) is 27.6 Å². The number of anilines is 1. The highest BCUT2D eigenvalue weighted by Gasteiger charge is 2.24. The lowest BCUT2D eigenvalue weighted by Crippen LogP contribution is -2.15. The Labute approximate surface area is 125 Å². The lowest BCUT2D eigenvalue weighted by Gasteiger charge is -2.09. The summed E-state index contributed by atoms with van der Waals surface area (Å²) in [7, 11) is -2.22. The van der Waals surface area contributed by atoms with Gasteiger partial charge < -0.3 is 0 Å². The highest BCUT2D eigenvalue weighted by molar-refractivity contribution is 9.10. The van der Waals surface area contributed by atoms with Crippen molar-refractivity contribution in [2.45, 2.75) is 18.7 Å². The van der Waals surface area contributed by atoms with Gasteiger partial charge in [-0.15, -0.1) is 0 Å².